The Morgan fingerprint density at radius 2 is 1.81 bits per heavy atom. The molecule has 0 unspecified atom stereocenters. The molecule has 0 aliphatic rings. The summed E-state index contributed by atoms with van der Waals surface area (Å²) in [6, 6.07) is 6.47. The highest BCUT2D eigenvalue weighted by Gasteiger charge is 2.23. The lowest BCUT2D eigenvalue weighted by Crippen LogP contribution is -2.24. The van der Waals surface area contributed by atoms with Crippen LogP contribution in [0.4, 0.5) is 5.69 Å². The van der Waals surface area contributed by atoms with Crippen LogP contribution >= 0.6 is 11.5 Å². The molecule has 0 spiro atoms. The minimum absolute atomic E-state index is 0.101. The molecule has 0 saturated heterocycles. The number of carbonyl (C=O) groups excluding carboxylic acids is 3. The Kier molecular flexibility index (Phi) is 6.57. The molecule has 0 aliphatic heterocycles. The third kappa shape index (κ3) is 4.72. The first kappa shape index (κ1) is 19.7. The number of rotatable bonds is 7. The largest absolute Gasteiger partial charge is 0.450 e. The number of benzene rings is 1. The summed E-state index contributed by atoms with van der Waals surface area (Å²) in [5.74, 6) is -1.16. The van der Waals surface area contributed by atoms with Gasteiger partial charge in [0.1, 0.15) is 0 Å². The first-order valence-electron chi connectivity index (χ1n) is 8.30. The fourth-order valence-electron chi connectivity index (χ4n) is 2.10. The highest BCUT2D eigenvalue weighted by Crippen LogP contribution is 2.17. The molecule has 0 saturated carbocycles. The number of hydrogen-bond donors (Lipinski definition) is 1. The van der Waals surface area contributed by atoms with Gasteiger partial charge in [-0.05, 0) is 49.1 Å². The minimum Gasteiger partial charge on any atom is -0.450 e. The summed E-state index contributed by atoms with van der Waals surface area (Å²) in [6.45, 7) is 6.98. The molecule has 0 bridgehead atoms. The van der Waals surface area contributed by atoms with E-state index in [9.17, 15) is 14.4 Å². The Bertz CT molecular complexity index is 799. The summed E-state index contributed by atoms with van der Waals surface area (Å²) in [4.78, 5) is 36.6. The first-order chi connectivity index (χ1) is 12.3. The third-order valence-electron chi connectivity index (χ3n) is 3.69. The van der Waals surface area contributed by atoms with E-state index in [1.54, 1.807) is 38.1 Å². The SMILES string of the molecule is CCc1nnsc1C(=O)O[C@@H](C)C(=O)c1ccc(NC(=O)C(C)C)cc1. The third-order valence-corrected chi connectivity index (χ3v) is 4.44. The van der Waals surface area contributed by atoms with E-state index < -0.39 is 12.1 Å². The number of nitrogens with one attached hydrogen (secondary N) is 1. The van der Waals surface area contributed by atoms with Gasteiger partial charge in [-0.2, -0.15) is 0 Å². The normalized spacial score (nSPS) is 11.9. The molecule has 1 N–H and O–H groups in total. The fourth-order valence-corrected chi connectivity index (χ4v) is 2.74. The molecular formula is C18H21N3O4S. The number of amides is 1. The zero-order chi connectivity index (χ0) is 19.3. The van der Waals surface area contributed by atoms with Crippen molar-refractivity contribution in [1.82, 2.24) is 9.59 Å². The Morgan fingerprint density at radius 3 is 2.38 bits per heavy atom. The summed E-state index contributed by atoms with van der Waals surface area (Å²) in [6.07, 6.45) is -0.377. The van der Waals surface area contributed by atoms with Crippen LogP contribution in [0, 0.1) is 5.92 Å². The lowest BCUT2D eigenvalue weighted by atomic mass is 10.1. The Labute approximate surface area is 155 Å². The van der Waals surface area contributed by atoms with Crippen LogP contribution < -0.4 is 5.32 Å². The van der Waals surface area contributed by atoms with Crippen LogP contribution in [0.2, 0.25) is 0 Å². The van der Waals surface area contributed by atoms with E-state index in [0.717, 1.165) is 11.5 Å². The van der Waals surface area contributed by atoms with Crippen LogP contribution in [0.1, 0.15) is 53.4 Å². The van der Waals surface area contributed by atoms with Crippen LogP contribution in [-0.2, 0) is 16.0 Å². The van der Waals surface area contributed by atoms with Crippen LogP contribution in [0.15, 0.2) is 24.3 Å². The number of aromatic nitrogens is 2. The van der Waals surface area contributed by atoms with Crippen molar-refractivity contribution in [2.75, 3.05) is 5.32 Å². The first-order valence-corrected chi connectivity index (χ1v) is 9.08. The number of carbonyl (C=O) groups is 3. The fraction of sp³-hybridized carbons (Fsp3) is 0.389. The van der Waals surface area contributed by atoms with Gasteiger partial charge in [0.15, 0.2) is 11.0 Å². The van der Waals surface area contributed by atoms with Crippen molar-refractivity contribution in [3.05, 3.63) is 40.4 Å². The summed E-state index contributed by atoms with van der Waals surface area (Å²) in [7, 11) is 0. The van der Waals surface area contributed by atoms with E-state index in [1.165, 1.54) is 6.92 Å². The van der Waals surface area contributed by atoms with Gasteiger partial charge in [-0.3, -0.25) is 9.59 Å². The number of ether oxygens (including phenoxy) is 1. The van der Waals surface area contributed by atoms with Crippen molar-refractivity contribution < 1.29 is 19.1 Å². The van der Waals surface area contributed by atoms with E-state index in [0.29, 0.717) is 28.2 Å². The van der Waals surface area contributed by atoms with Gasteiger partial charge in [-0.15, -0.1) is 5.10 Å². The number of nitrogens with zero attached hydrogens (tertiary/aromatic N) is 2. The number of esters is 1. The lowest BCUT2D eigenvalue weighted by molar-refractivity contribution is -0.118. The topological polar surface area (TPSA) is 98.2 Å². The summed E-state index contributed by atoms with van der Waals surface area (Å²) in [5.41, 5.74) is 1.56. The highest BCUT2D eigenvalue weighted by molar-refractivity contribution is 7.07. The molecule has 1 heterocycles. The predicted octanol–water partition coefficient (Wildman–Crippen LogP) is 3.12. The maximum Gasteiger partial charge on any atom is 0.352 e. The van der Waals surface area contributed by atoms with Crippen LogP contribution in [-0.4, -0.2) is 33.4 Å². The van der Waals surface area contributed by atoms with Crippen molar-refractivity contribution >= 4 is 34.9 Å². The average Bonchev–Trinajstić information content (AvgIpc) is 3.10. The number of hydrogen-bond acceptors (Lipinski definition) is 7. The van der Waals surface area contributed by atoms with Gasteiger partial charge in [0.25, 0.3) is 0 Å². The molecule has 0 aliphatic carbocycles. The molecule has 1 atom stereocenters. The standard InChI is InChI=1S/C18H21N3O4S/c1-5-14-16(26-21-20-14)18(24)25-11(4)15(22)12-6-8-13(9-7-12)19-17(23)10(2)3/h6-11H,5H2,1-4H3,(H,19,23)/t11-/m0/s1. The van der Waals surface area contributed by atoms with E-state index in [4.69, 9.17) is 4.74 Å². The van der Waals surface area contributed by atoms with Crippen LogP contribution in [0.25, 0.3) is 0 Å². The summed E-state index contributed by atoms with van der Waals surface area (Å²) >= 11 is 0.954. The van der Waals surface area contributed by atoms with Crippen LogP contribution in [0.5, 0.6) is 0 Å². The molecule has 2 rings (SSSR count). The van der Waals surface area contributed by atoms with E-state index in [1.807, 2.05) is 6.92 Å². The Morgan fingerprint density at radius 1 is 1.15 bits per heavy atom. The Balaban J connectivity index is 2.01. The number of aryl methyl sites for hydroxylation is 1. The van der Waals surface area contributed by atoms with Gasteiger partial charge >= 0.3 is 5.97 Å². The molecule has 0 fully saturated rings. The zero-order valence-corrected chi connectivity index (χ0v) is 15.9. The summed E-state index contributed by atoms with van der Waals surface area (Å²) in [5, 5.41) is 6.61. The number of ketones is 1. The molecule has 1 aromatic carbocycles. The van der Waals surface area contributed by atoms with Crippen molar-refractivity contribution in [2.24, 2.45) is 5.92 Å². The Hall–Kier alpha value is -2.61. The smallest absolute Gasteiger partial charge is 0.352 e. The molecule has 1 amide bonds. The quantitative estimate of drug-likeness (QED) is 0.590. The molecule has 2 aromatic rings. The second kappa shape index (κ2) is 8.66. The van der Waals surface area contributed by atoms with Gasteiger partial charge in [0.05, 0.1) is 5.69 Å². The number of anilines is 1. The second-order valence-corrected chi connectivity index (χ2v) is 6.79. The van der Waals surface area contributed by atoms with Crippen molar-refractivity contribution in [3.63, 3.8) is 0 Å². The number of Topliss-reactive ketones (excluding diaryl/α,β-unsaturated/α-hetero) is 1. The van der Waals surface area contributed by atoms with Gasteiger partial charge in [-0.1, -0.05) is 25.3 Å². The predicted molar refractivity (Wildman–Crippen MR) is 98.4 cm³/mol. The van der Waals surface area contributed by atoms with Gasteiger partial charge in [0, 0.05) is 17.2 Å². The van der Waals surface area contributed by atoms with Gasteiger partial charge in [0.2, 0.25) is 11.7 Å². The highest BCUT2D eigenvalue weighted by atomic mass is 32.1. The molecule has 1 aromatic heterocycles. The second-order valence-electron chi connectivity index (χ2n) is 6.04. The van der Waals surface area contributed by atoms with Gasteiger partial charge in [-0.25, -0.2) is 4.79 Å². The molecular weight excluding hydrogens is 354 g/mol. The van der Waals surface area contributed by atoms with Crippen molar-refractivity contribution in [1.29, 1.82) is 0 Å². The molecule has 138 valence electrons. The van der Waals surface area contributed by atoms with E-state index in [-0.39, 0.29) is 17.6 Å². The van der Waals surface area contributed by atoms with Crippen LogP contribution in [0.3, 0.4) is 0 Å². The van der Waals surface area contributed by atoms with Crippen molar-refractivity contribution in [3.8, 4) is 0 Å². The minimum atomic E-state index is -0.939. The molecule has 0 radical (unpaired) electrons. The van der Waals surface area contributed by atoms with Crippen molar-refractivity contribution in [2.45, 2.75) is 40.2 Å². The maximum atomic E-state index is 12.5. The maximum absolute atomic E-state index is 12.5. The molecule has 7 nitrogen and oxygen atoms in total. The zero-order valence-electron chi connectivity index (χ0n) is 15.1. The molecule has 8 heteroatoms. The van der Waals surface area contributed by atoms with Gasteiger partial charge < -0.3 is 10.1 Å². The molecule has 26 heavy (non-hydrogen) atoms. The van der Waals surface area contributed by atoms with E-state index in [2.05, 4.69) is 14.9 Å². The summed E-state index contributed by atoms with van der Waals surface area (Å²) < 4.78 is 8.99. The monoisotopic (exact) mass is 375 g/mol. The lowest BCUT2D eigenvalue weighted by Gasteiger charge is -2.12. The average molecular weight is 375 g/mol. The van der Waals surface area contributed by atoms with E-state index >= 15 is 0 Å².